The van der Waals surface area contributed by atoms with Gasteiger partial charge in [0.2, 0.25) is 5.91 Å². The molecule has 0 aliphatic carbocycles. The van der Waals surface area contributed by atoms with Crippen LogP contribution in [0.4, 0.5) is 0 Å². The average Bonchev–Trinajstić information content (AvgIpc) is 1.69. The molecule has 808 valence electrons. The molecule has 22 heteroatoms. The zero-order valence-electron chi connectivity index (χ0n) is 92.0. The van der Waals surface area contributed by atoms with Crippen molar-refractivity contribution < 1.29 is 81.0 Å². The predicted octanol–water partition coefficient (Wildman–Crippen LogP) is 28.0. The van der Waals surface area contributed by atoms with Crippen LogP contribution in [0, 0.1) is 22.2 Å². The lowest BCUT2D eigenvalue weighted by molar-refractivity contribution is -0.161. The Kier molecular flexibility index (Phi) is 79.8. The van der Waals surface area contributed by atoms with E-state index in [1.54, 1.807) is 7.05 Å². The Labute approximate surface area is 845 Å². The van der Waals surface area contributed by atoms with E-state index >= 15 is 0 Å². The third-order valence-electron chi connectivity index (χ3n) is 29.2. The Bertz CT molecular complexity index is 3010. The Morgan fingerprint density at radius 3 is 1.11 bits per heavy atom. The molecule has 0 aromatic carbocycles. The van der Waals surface area contributed by atoms with Crippen molar-refractivity contribution in [1.29, 1.82) is 0 Å². The van der Waals surface area contributed by atoms with E-state index in [-0.39, 0.29) is 73.1 Å². The van der Waals surface area contributed by atoms with E-state index in [0.29, 0.717) is 110 Å². The second-order valence-electron chi connectivity index (χ2n) is 43.8. The zero-order chi connectivity index (χ0) is 101. The van der Waals surface area contributed by atoms with Crippen LogP contribution in [0.3, 0.4) is 0 Å². The van der Waals surface area contributed by atoms with Gasteiger partial charge >= 0.3 is 47.8 Å². The summed E-state index contributed by atoms with van der Waals surface area (Å²) in [5.41, 5.74) is -1.77. The van der Waals surface area contributed by atoms with E-state index in [4.69, 9.17) is 37.9 Å². The van der Waals surface area contributed by atoms with Crippen LogP contribution >= 0.6 is 0 Å². The van der Waals surface area contributed by atoms with Crippen molar-refractivity contribution in [3.63, 3.8) is 0 Å². The van der Waals surface area contributed by atoms with Crippen molar-refractivity contribution in [2.75, 3.05) is 93.4 Å². The Hall–Kier alpha value is -4.93. The number of unbranched alkanes of at least 4 members (excludes halogenated alkanes) is 44. The van der Waals surface area contributed by atoms with Gasteiger partial charge in [-0.3, -0.25) is 53.0 Å². The van der Waals surface area contributed by atoms with Gasteiger partial charge in [0.25, 0.3) is 0 Å². The minimum atomic E-state index is -0.632. The molecule has 2 rings (SSSR count). The lowest BCUT2D eigenvalue weighted by Gasteiger charge is -2.28. The highest BCUT2D eigenvalue weighted by Crippen LogP contribution is 2.36. The fourth-order valence-electron chi connectivity index (χ4n) is 19.8. The van der Waals surface area contributed by atoms with E-state index in [2.05, 4.69) is 68.9 Å². The lowest BCUT2D eigenvalue weighted by atomic mass is 9.79. The molecule has 3 unspecified atom stereocenters. The fourth-order valence-corrected chi connectivity index (χ4v) is 19.8. The number of hydrogen-bond acceptors (Lipinski definition) is 21. The summed E-state index contributed by atoms with van der Waals surface area (Å²) in [4.78, 5) is 127. The number of esters is 8. The molecule has 7 atom stereocenters. The van der Waals surface area contributed by atoms with Gasteiger partial charge in [-0.1, -0.05) is 343 Å². The first-order chi connectivity index (χ1) is 66.7. The summed E-state index contributed by atoms with van der Waals surface area (Å²) in [6, 6.07) is -1.06. The van der Waals surface area contributed by atoms with Crippen LogP contribution in [0.2, 0.25) is 0 Å². The number of ether oxygens (including phenoxy) is 8. The van der Waals surface area contributed by atoms with Crippen LogP contribution in [0.1, 0.15) is 538 Å². The molecular formula is C116H217N5O17. The highest BCUT2D eigenvalue weighted by atomic mass is 16.6. The van der Waals surface area contributed by atoms with Crippen LogP contribution in [-0.4, -0.2) is 198 Å². The third kappa shape index (κ3) is 67.6. The maximum Gasteiger partial charge on any atom is 0.323 e. The molecule has 1 amide bonds. The molecule has 2 saturated heterocycles. The zero-order valence-corrected chi connectivity index (χ0v) is 92.0. The van der Waals surface area contributed by atoms with Gasteiger partial charge in [-0.05, 0) is 203 Å². The van der Waals surface area contributed by atoms with E-state index < -0.39 is 46.3 Å². The molecule has 2 fully saturated rings. The predicted molar refractivity (Wildman–Crippen MR) is 565 cm³/mol. The van der Waals surface area contributed by atoms with Crippen molar-refractivity contribution in [1.82, 2.24) is 25.3 Å². The standard InChI is InChI=1S/C116H217N5O17/c1-15-21-27-32-36-37-38-51-69-91-134-113(130)116(11,83-64-48-53-68-90-132-109(126)103-93-101(136-107(124)79-88-119(13)14)96-120(103)86-66-50-47-62-81-115(9,10)112(129)138-100(76-56-31-25-19-5)77-59-42-35-30-24-18-4)82-63-45-44-55-72-98(71-54-26-20-6)73-70-92-133-111(128)114(7,8)80-61-46-49-65-87-121-97-102(137-108(125)95-105(122)118-85-84-117-12)94-104(121)110(127)131-89-67-52-39-43-60-78-106(123)135-99(74-57-40-33-28-22-16-2)75-58-41-34-29-23-17-3/h98-104,117H,15-97H2,1-14H3,(H,118,122)/t98?,100?,101-,102-,103-,104-,116?/m0/s1. The van der Waals surface area contributed by atoms with Gasteiger partial charge < -0.3 is 53.4 Å². The smallest absolute Gasteiger partial charge is 0.323 e. The van der Waals surface area contributed by atoms with Crippen LogP contribution in [0.25, 0.3) is 0 Å². The SMILES string of the molecule is CCCCCCCCCCCOC(=O)C(C)(CCCCCCOC(=O)[C@@H]1C[C@H](OC(=O)CCN(C)C)CN1CCCCCCC(C)(C)C(=O)OC(CCCCCC)CCCCCCCC)CCCCCCC(CCCCC)CCCOC(=O)C(C)(C)CCCCCCN1C[C@@H](OC(=O)CC(=O)NCCNC)C[C@H]1C(=O)OCCCCCCCC(=O)OC(CCCCCCCC)CCCCCCCC. The van der Waals surface area contributed by atoms with Crippen molar-refractivity contribution in [3.05, 3.63) is 0 Å². The second-order valence-corrected chi connectivity index (χ2v) is 43.8. The first-order valence-electron chi connectivity index (χ1n) is 58.2. The molecular weight excluding hydrogens is 1740 g/mol. The van der Waals surface area contributed by atoms with E-state index in [9.17, 15) is 43.2 Å². The van der Waals surface area contributed by atoms with Gasteiger partial charge in [0.05, 0.1) is 49.1 Å². The number of carbonyl (C=O) groups is 9. The van der Waals surface area contributed by atoms with Crippen molar-refractivity contribution in [2.45, 2.75) is 575 Å². The van der Waals surface area contributed by atoms with Gasteiger partial charge in [0, 0.05) is 52.0 Å². The maximum absolute atomic E-state index is 14.2. The van der Waals surface area contributed by atoms with E-state index in [1.165, 1.54) is 186 Å². The molecule has 0 bridgehead atoms. The largest absolute Gasteiger partial charge is 0.465 e. The number of likely N-dealkylation sites (N-methyl/N-ethyl adjacent to an activating group) is 1. The molecule has 2 N–H and O–H groups in total. The molecule has 0 aromatic heterocycles. The minimum absolute atomic E-state index is 0.00420. The summed E-state index contributed by atoms with van der Waals surface area (Å²) in [6.07, 6.45) is 71.4. The van der Waals surface area contributed by atoms with Crippen molar-refractivity contribution in [3.8, 4) is 0 Å². The highest BCUT2D eigenvalue weighted by Gasteiger charge is 2.42. The highest BCUT2D eigenvalue weighted by molar-refractivity contribution is 5.94. The number of nitrogens with zero attached hydrogens (tertiary/aromatic N) is 3. The maximum atomic E-state index is 14.2. The number of likely N-dealkylation sites (tertiary alicyclic amines) is 2. The van der Waals surface area contributed by atoms with E-state index in [0.717, 1.165) is 231 Å². The molecule has 0 saturated carbocycles. The number of amides is 1. The summed E-state index contributed by atoms with van der Waals surface area (Å²) in [5, 5.41) is 5.71. The van der Waals surface area contributed by atoms with Crippen LogP contribution in [0.5, 0.6) is 0 Å². The molecule has 2 aliphatic heterocycles. The molecule has 138 heavy (non-hydrogen) atoms. The molecule has 2 heterocycles. The van der Waals surface area contributed by atoms with Crippen molar-refractivity contribution in [2.24, 2.45) is 22.2 Å². The van der Waals surface area contributed by atoms with Gasteiger partial charge in [0.15, 0.2) is 0 Å². The molecule has 2 aliphatic rings. The monoisotopic (exact) mass is 1950 g/mol. The first kappa shape index (κ1) is 129. The molecule has 22 nitrogen and oxygen atoms in total. The molecule has 0 aromatic rings. The van der Waals surface area contributed by atoms with E-state index in [1.807, 2.05) is 46.7 Å². The van der Waals surface area contributed by atoms with Crippen LogP contribution < -0.4 is 10.6 Å². The van der Waals surface area contributed by atoms with Gasteiger partial charge in [-0.15, -0.1) is 0 Å². The summed E-state index contributed by atoms with van der Waals surface area (Å²) in [5.74, 6) is -1.66. The number of nitrogens with one attached hydrogen (secondary N) is 2. The Morgan fingerprint density at radius 2 is 0.667 bits per heavy atom. The lowest BCUT2D eigenvalue weighted by Crippen LogP contribution is -2.38. The molecule has 0 radical (unpaired) electrons. The van der Waals surface area contributed by atoms with Crippen LogP contribution in [-0.2, 0) is 81.0 Å². The van der Waals surface area contributed by atoms with Gasteiger partial charge in [0.1, 0.15) is 42.9 Å². The van der Waals surface area contributed by atoms with Gasteiger partial charge in [-0.25, -0.2) is 0 Å². The average molecular weight is 1950 g/mol. The third-order valence-corrected chi connectivity index (χ3v) is 29.2. The molecule has 0 spiro atoms. The summed E-state index contributed by atoms with van der Waals surface area (Å²) in [6.45, 7) is 28.9. The van der Waals surface area contributed by atoms with Crippen LogP contribution in [0.15, 0.2) is 0 Å². The second kappa shape index (κ2) is 85.3. The summed E-state index contributed by atoms with van der Waals surface area (Å²) < 4.78 is 48.3. The fraction of sp³-hybridized carbons (Fsp3) is 0.922. The van der Waals surface area contributed by atoms with Crippen molar-refractivity contribution >= 4 is 53.7 Å². The Balaban J connectivity index is 1.95. The van der Waals surface area contributed by atoms with Gasteiger partial charge in [-0.2, -0.15) is 0 Å². The minimum Gasteiger partial charge on any atom is -0.465 e. The normalized spacial score (nSPS) is 16.3. The summed E-state index contributed by atoms with van der Waals surface area (Å²) >= 11 is 0. The quantitative estimate of drug-likeness (QED) is 0.0248. The first-order valence-corrected chi connectivity index (χ1v) is 58.2. The Morgan fingerprint density at radius 1 is 0.333 bits per heavy atom. The number of carbonyl (C=O) groups excluding carboxylic acids is 9. The summed E-state index contributed by atoms with van der Waals surface area (Å²) in [7, 11) is 5.67. The number of rotatable bonds is 97. The number of hydrogen-bond donors (Lipinski definition) is 2. The topological polar surface area (TPSA) is 261 Å².